The molecule has 0 aromatic carbocycles. The van der Waals surface area contributed by atoms with Gasteiger partial charge in [-0.3, -0.25) is 18.1 Å². The molecule has 2 aliphatic rings. The standard InChI is InChI=1S/C19H39O13P3/c1-10-12(3)16(7-17(13(10)4)31-34(23,24)25)8-29-35(26,27)32-19-15(6)11(2)14(5)18(30-19)9-28-33(20,21)22/h10-19H,7-9H2,1-6H3,(H,26,27)(H2,20,21,22)(H2,23,24,25)/t10-,11-,12-,13?,14-,15?,16?,17-,18?,19+/m0/s1/i/hT. The van der Waals surface area contributed by atoms with Gasteiger partial charge in [0.25, 0.3) is 0 Å². The summed E-state index contributed by atoms with van der Waals surface area (Å²) in [6.45, 7) is 10.5. The molecule has 12 atom stereocenters. The van der Waals surface area contributed by atoms with Crippen LogP contribution in [0.3, 0.4) is 0 Å². The van der Waals surface area contributed by atoms with Crippen molar-refractivity contribution in [1.82, 2.24) is 0 Å². The van der Waals surface area contributed by atoms with Gasteiger partial charge in [0, 0.05) is 5.92 Å². The van der Waals surface area contributed by atoms with E-state index in [-0.39, 0.29) is 54.5 Å². The van der Waals surface area contributed by atoms with Crippen LogP contribution in [-0.4, -0.2) is 57.6 Å². The molecule has 0 aromatic heterocycles. The number of ether oxygens (including phenoxy) is 1. The topological polar surface area (TPSA) is 199 Å². The van der Waals surface area contributed by atoms with Gasteiger partial charge in [0.15, 0.2) is 6.29 Å². The zero-order valence-electron chi connectivity index (χ0n) is 21.7. The van der Waals surface area contributed by atoms with Crippen LogP contribution in [0.1, 0.15) is 48.0 Å². The first-order valence-electron chi connectivity index (χ1n) is 12.0. The molecule has 5 N–H and O–H groups in total. The average molecular weight is 570 g/mol. The third-order valence-electron chi connectivity index (χ3n) is 7.87. The van der Waals surface area contributed by atoms with Gasteiger partial charge in [-0.25, -0.2) is 13.7 Å². The maximum atomic E-state index is 12.8. The van der Waals surface area contributed by atoms with E-state index < -0.39 is 48.6 Å². The maximum absolute atomic E-state index is 12.8. The normalized spacial score (nSPS) is 42.6. The molecule has 1 saturated carbocycles. The van der Waals surface area contributed by atoms with Gasteiger partial charge >= 0.3 is 23.5 Å². The van der Waals surface area contributed by atoms with E-state index in [9.17, 15) is 23.5 Å². The van der Waals surface area contributed by atoms with Crippen LogP contribution in [0.25, 0.3) is 0 Å². The van der Waals surface area contributed by atoms with Crippen molar-refractivity contribution in [2.45, 2.75) is 66.5 Å². The largest absolute Gasteiger partial charge is 0.474 e. The molecule has 208 valence electrons. The second-order valence-corrected chi connectivity index (χ2v) is 13.8. The SMILES string of the molecule is [3H]OP(=O)(O)O[C@H]1CC(COP(=O)(O)O[C@H]2OC(COP(=O)(O)O)[C@@H](C)[C@H](C)C2C)[C@@H](C)[C@H](C)C1C. The summed E-state index contributed by atoms with van der Waals surface area (Å²) < 4.78 is 68.4. The highest BCUT2D eigenvalue weighted by molar-refractivity contribution is 7.47. The van der Waals surface area contributed by atoms with Crippen LogP contribution in [-0.2, 0) is 36.5 Å². The zero-order valence-corrected chi connectivity index (χ0v) is 23.4. The van der Waals surface area contributed by atoms with E-state index in [1.165, 1.54) is 0 Å². The number of hydrogen-bond donors (Lipinski definition) is 5. The van der Waals surface area contributed by atoms with Crippen LogP contribution in [0.2, 0.25) is 0 Å². The molecule has 1 aliphatic heterocycles. The van der Waals surface area contributed by atoms with Gasteiger partial charge in [0.2, 0.25) is 1.43 Å². The first-order valence-corrected chi connectivity index (χ1v) is 16.1. The fraction of sp³-hybridized carbons (Fsp3) is 1.00. The third kappa shape index (κ3) is 9.21. The smallest absolute Gasteiger partial charge is 0.346 e. The highest BCUT2D eigenvalue weighted by Crippen LogP contribution is 2.52. The van der Waals surface area contributed by atoms with E-state index >= 15 is 0 Å². The molecule has 1 heterocycles. The molecule has 0 radical (unpaired) electrons. The Morgan fingerprint density at radius 3 is 1.94 bits per heavy atom. The summed E-state index contributed by atoms with van der Waals surface area (Å²) >= 11 is 0. The van der Waals surface area contributed by atoms with Crippen molar-refractivity contribution in [3.63, 3.8) is 0 Å². The summed E-state index contributed by atoms with van der Waals surface area (Å²) in [6, 6.07) is 0. The summed E-state index contributed by atoms with van der Waals surface area (Å²) in [4.78, 5) is 41.8. The summed E-state index contributed by atoms with van der Waals surface area (Å²) in [6.07, 6.45) is -2.48. The van der Waals surface area contributed by atoms with Gasteiger partial charge in [0.05, 0.1) is 25.4 Å². The lowest BCUT2D eigenvalue weighted by Gasteiger charge is -2.44. The Morgan fingerprint density at radius 1 is 0.771 bits per heavy atom. The first-order chi connectivity index (χ1) is 16.4. The minimum absolute atomic E-state index is 0.000833. The zero-order chi connectivity index (χ0) is 27.6. The summed E-state index contributed by atoms with van der Waals surface area (Å²) in [5, 5.41) is 0. The Labute approximate surface area is 207 Å². The predicted molar refractivity (Wildman–Crippen MR) is 124 cm³/mol. The molecule has 6 unspecified atom stereocenters. The van der Waals surface area contributed by atoms with Crippen LogP contribution in [0.5, 0.6) is 0 Å². The molecule has 16 heteroatoms. The lowest BCUT2D eigenvalue weighted by Crippen LogP contribution is -2.47. The molecule has 0 spiro atoms. The highest BCUT2D eigenvalue weighted by Gasteiger charge is 2.45. The minimum Gasteiger partial charge on any atom is -0.346 e. The van der Waals surface area contributed by atoms with E-state index in [1.54, 1.807) is 6.92 Å². The Bertz CT molecular complexity index is 872. The lowest BCUT2D eigenvalue weighted by molar-refractivity contribution is -0.225. The molecule has 35 heavy (non-hydrogen) atoms. The van der Waals surface area contributed by atoms with Crippen molar-refractivity contribution >= 4 is 23.5 Å². The van der Waals surface area contributed by atoms with Gasteiger partial charge in [-0.1, -0.05) is 41.5 Å². The van der Waals surface area contributed by atoms with Crippen LogP contribution in [0.4, 0.5) is 0 Å². The third-order valence-corrected chi connectivity index (χ3v) is 9.84. The van der Waals surface area contributed by atoms with Gasteiger partial charge in [-0.2, -0.15) is 0 Å². The van der Waals surface area contributed by atoms with Gasteiger partial charge < -0.3 is 29.2 Å². The molecule has 0 bridgehead atoms. The van der Waals surface area contributed by atoms with Crippen molar-refractivity contribution < 1.29 is 61.0 Å². The number of hydrogen-bond acceptors (Lipinski definition) is 9. The van der Waals surface area contributed by atoms with E-state index in [1.807, 2.05) is 34.6 Å². The van der Waals surface area contributed by atoms with E-state index in [4.69, 9.17) is 29.5 Å². The highest BCUT2D eigenvalue weighted by atomic mass is 31.2. The number of phosphoric ester groups is 3. The van der Waals surface area contributed by atoms with E-state index in [0.717, 1.165) is 0 Å². The molecule has 0 amide bonds. The van der Waals surface area contributed by atoms with Gasteiger partial charge in [-0.15, -0.1) is 0 Å². The fourth-order valence-electron chi connectivity index (χ4n) is 4.82. The number of rotatable bonds is 11. The minimum atomic E-state index is -4.73. The Kier molecular flexibility index (Phi) is 10.2. The summed E-state index contributed by atoms with van der Waals surface area (Å²) in [5.74, 6) is -1.08. The predicted octanol–water partition coefficient (Wildman–Crippen LogP) is 3.27. The maximum Gasteiger partial charge on any atom is 0.474 e. The van der Waals surface area contributed by atoms with Crippen molar-refractivity contribution in [3.05, 3.63) is 0 Å². The van der Waals surface area contributed by atoms with Crippen LogP contribution >= 0.6 is 23.5 Å². The fourth-order valence-corrected chi connectivity index (χ4v) is 6.73. The van der Waals surface area contributed by atoms with Crippen LogP contribution in [0.15, 0.2) is 0 Å². The molecule has 2 fully saturated rings. The molecule has 13 nitrogen and oxygen atoms in total. The molecule has 0 aromatic rings. The van der Waals surface area contributed by atoms with E-state index in [2.05, 4.69) is 9.42 Å². The lowest BCUT2D eigenvalue weighted by atomic mass is 9.67. The van der Waals surface area contributed by atoms with Gasteiger partial charge in [0.1, 0.15) is 0 Å². The number of phosphoric acid groups is 3. The van der Waals surface area contributed by atoms with Crippen molar-refractivity contribution in [2.75, 3.05) is 13.2 Å². The second kappa shape index (κ2) is 12.0. The van der Waals surface area contributed by atoms with Crippen molar-refractivity contribution in [3.8, 4) is 0 Å². The Balaban J connectivity index is 2.04. The molecular formula is C19H39O13P3. The average Bonchev–Trinajstić information content (AvgIpc) is 2.77. The van der Waals surface area contributed by atoms with E-state index in [0.29, 0.717) is 0 Å². The summed E-state index contributed by atoms with van der Waals surface area (Å²) in [5.41, 5.74) is 0. The monoisotopic (exact) mass is 570 g/mol. The van der Waals surface area contributed by atoms with Crippen molar-refractivity contribution in [2.24, 2.45) is 41.4 Å². The second-order valence-electron chi connectivity index (χ2n) is 9.96. The first kappa shape index (κ1) is 29.8. The molecule has 1 saturated heterocycles. The Morgan fingerprint density at radius 2 is 1.37 bits per heavy atom. The van der Waals surface area contributed by atoms with Crippen LogP contribution in [0, 0.1) is 41.4 Å². The quantitative estimate of drug-likeness (QED) is 0.227. The molecular weight excluding hydrogens is 529 g/mol. The molecule has 1 aliphatic carbocycles. The summed E-state index contributed by atoms with van der Waals surface area (Å²) in [7, 11) is -13.9. The molecule has 2 rings (SSSR count). The van der Waals surface area contributed by atoms with Crippen LogP contribution < -0.4 is 0 Å². The van der Waals surface area contributed by atoms with Crippen molar-refractivity contribution in [1.29, 1.82) is 1.43 Å². The Hall–Kier alpha value is 0.290. The van der Waals surface area contributed by atoms with Gasteiger partial charge in [-0.05, 0) is 41.9 Å².